The van der Waals surface area contributed by atoms with E-state index >= 15 is 0 Å². The van der Waals surface area contributed by atoms with Crippen LogP contribution in [-0.4, -0.2) is 16.8 Å². The van der Waals surface area contributed by atoms with E-state index in [0.717, 1.165) is 0 Å². The molecule has 5 nitrogen and oxygen atoms in total. The summed E-state index contributed by atoms with van der Waals surface area (Å²) in [5.74, 6) is -1.90. The van der Waals surface area contributed by atoms with Crippen LogP contribution >= 0.6 is 11.6 Å². The maximum atomic E-state index is 12.1. The van der Waals surface area contributed by atoms with Crippen LogP contribution in [0.4, 0.5) is 0 Å². The number of ketones is 1. The van der Waals surface area contributed by atoms with Gasteiger partial charge in [-0.1, -0.05) is 23.7 Å². The first-order chi connectivity index (χ1) is 8.84. The van der Waals surface area contributed by atoms with Crippen molar-refractivity contribution < 1.29 is 19.4 Å². The number of Topliss-reactive ketones (excluding diaryl/α,β-unsaturated/α-hetero) is 1. The summed E-state index contributed by atoms with van der Waals surface area (Å²) in [5, 5.41) is 12.5. The fourth-order valence-electron chi connectivity index (χ4n) is 1.85. The zero-order chi connectivity index (χ0) is 14.2. The van der Waals surface area contributed by atoms with E-state index in [1.807, 2.05) is 0 Å². The molecule has 1 aromatic rings. The van der Waals surface area contributed by atoms with E-state index in [-0.39, 0.29) is 5.88 Å². The van der Waals surface area contributed by atoms with Crippen molar-refractivity contribution in [3.8, 4) is 0 Å². The van der Waals surface area contributed by atoms with Crippen LogP contribution in [0.25, 0.3) is 0 Å². The Morgan fingerprint density at radius 1 is 1.47 bits per heavy atom. The van der Waals surface area contributed by atoms with Gasteiger partial charge in [0, 0.05) is 17.5 Å². The molecule has 0 fully saturated rings. The van der Waals surface area contributed by atoms with Crippen LogP contribution < -0.4 is 5.32 Å². The van der Waals surface area contributed by atoms with Crippen molar-refractivity contribution in [2.24, 2.45) is 0 Å². The van der Waals surface area contributed by atoms with Crippen molar-refractivity contribution in [1.29, 1.82) is 0 Å². The highest BCUT2D eigenvalue weighted by molar-refractivity contribution is 6.30. The highest BCUT2D eigenvalue weighted by atomic mass is 35.5. The van der Waals surface area contributed by atoms with Crippen LogP contribution in [0.1, 0.15) is 19.4 Å². The molecule has 1 atom stereocenters. The van der Waals surface area contributed by atoms with Gasteiger partial charge in [0.05, 0.1) is 0 Å². The third-order valence-electron chi connectivity index (χ3n) is 2.83. The van der Waals surface area contributed by atoms with E-state index in [1.165, 1.54) is 13.8 Å². The fourth-order valence-corrected chi connectivity index (χ4v) is 2.04. The Labute approximate surface area is 114 Å². The maximum Gasteiger partial charge on any atom is 0.250 e. The number of rotatable bonds is 2. The Bertz CT molecular complexity index is 596. The molecular formula is C13H12ClNO4. The molecule has 6 heteroatoms. The average Bonchev–Trinajstić information content (AvgIpc) is 2.55. The number of carbonyl (C=O) groups excluding carboxylic acids is 2. The summed E-state index contributed by atoms with van der Waals surface area (Å²) in [7, 11) is 0. The van der Waals surface area contributed by atoms with Gasteiger partial charge in [0.25, 0.3) is 5.78 Å². The molecule has 0 radical (unpaired) electrons. The number of aliphatic hydroxyl groups excluding tert-OH is 1. The number of halogens is 1. The molecule has 0 saturated heterocycles. The molecule has 2 rings (SSSR count). The Morgan fingerprint density at radius 3 is 2.74 bits per heavy atom. The predicted molar refractivity (Wildman–Crippen MR) is 68.4 cm³/mol. The van der Waals surface area contributed by atoms with Gasteiger partial charge in [-0.2, -0.15) is 0 Å². The van der Waals surface area contributed by atoms with Crippen LogP contribution in [0.5, 0.6) is 0 Å². The van der Waals surface area contributed by atoms with Crippen LogP contribution in [0, 0.1) is 0 Å². The number of ether oxygens (including phenoxy) is 1. The first-order valence-corrected chi connectivity index (χ1v) is 5.93. The first-order valence-electron chi connectivity index (χ1n) is 5.55. The Morgan fingerprint density at radius 2 is 2.16 bits per heavy atom. The molecule has 1 unspecified atom stereocenters. The minimum absolute atomic E-state index is 0.236. The summed E-state index contributed by atoms with van der Waals surface area (Å²) in [5.41, 5.74) is -0.899. The molecule has 0 aromatic heterocycles. The lowest BCUT2D eigenvalue weighted by Crippen LogP contribution is -2.32. The highest BCUT2D eigenvalue weighted by Crippen LogP contribution is 2.37. The molecule has 19 heavy (non-hydrogen) atoms. The number of hydrogen-bond acceptors (Lipinski definition) is 4. The summed E-state index contributed by atoms with van der Waals surface area (Å²) in [6.07, 6.45) is 0. The lowest BCUT2D eigenvalue weighted by Gasteiger charge is -2.23. The quantitative estimate of drug-likeness (QED) is 0.869. The monoisotopic (exact) mass is 281 g/mol. The molecule has 100 valence electrons. The second-order valence-corrected chi connectivity index (χ2v) is 4.77. The minimum atomic E-state index is -1.40. The van der Waals surface area contributed by atoms with Gasteiger partial charge in [0.15, 0.2) is 5.60 Å². The number of amides is 1. The topological polar surface area (TPSA) is 75.6 Å². The van der Waals surface area contributed by atoms with Crippen LogP contribution in [-0.2, 0) is 19.9 Å². The Balaban J connectivity index is 2.39. The van der Waals surface area contributed by atoms with Crippen molar-refractivity contribution >= 4 is 23.3 Å². The third kappa shape index (κ3) is 2.29. The normalized spacial score (nSPS) is 22.4. The van der Waals surface area contributed by atoms with Gasteiger partial charge in [0.1, 0.15) is 0 Å². The average molecular weight is 282 g/mol. The van der Waals surface area contributed by atoms with Gasteiger partial charge < -0.3 is 9.84 Å². The number of benzene rings is 1. The third-order valence-corrected chi connectivity index (χ3v) is 3.07. The fraction of sp³-hybridized carbons (Fsp3) is 0.231. The Hall–Kier alpha value is -2.01. The zero-order valence-electron chi connectivity index (χ0n) is 10.4. The molecule has 0 aliphatic carbocycles. The van der Waals surface area contributed by atoms with Gasteiger partial charge in [-0.15, -0.1) is 0 Å². The van der Waals surface area contributed by atoms with E-state index in [0.29, 0.717) is 10.6 Å². The second kappa shape index (κ2) is 4.59. The maximum absolute atomic E-state index is 12.1. The molecular weight excluding hydrogens is 270 g/mol. The van der Waals surface area contributed by atoms with E-state index in [1.54, 1.807) is 24.3 Å². The van der Waals surface area contributed by atoms with Gasteiger partial charge in [-0.25, -0.2) is 0 Å². The minimum Gasteiger partial charge on any atom is -0.501 e. The van der Waals surface area contributed by atoms with E-state index in [4.69, 9.17) is 16.3 Å². The van der Waals surface area contributed by atoms with Crippen LogP contribution in [0.15, 0.2) is 35.9 Å². The molecule has 1 heterocycles. The van der Waals surface area contributed by atoms with Crippen molar-refractivity contribution in [2.75, 3.05) is 0 Å². The standard InChI is InChI=1S/C13H12ClNO4/c1-7(16)15-12-10(17)11(18)13(2,19-12)8-4-3-5-9(14)6-8/h3-6,17H,1-2H3,(H,15,16). The summed E-state index contributed by atoms with van der Waals surface area (Å²) in [6, 6.07) is 6.57. The molecule has 0 bridgehead atoms. The van der Waals surface area contributed by atoms with E-state index in [9.17, 15) is 14.7 Å². The van der Waals surface area contributed by atoms with Crippen molar-refractivity contribution in [1.82, 2.24) is 5.32 Å². The largest absolute Gasteiger partial charge is 0.501 e. The summed E-state index contributed by atoms with van der Waals surface area (Å²) in [6.45, 7) is 2.76. The van der Waals surface area contributed by atoms with Crippen molar-refractivity contribution in [3.05, 3.63) is 46.5 Å². The SMILES string of the molecule is CC(=O)NC1=C(O)C(=O)C(C)(c2cccc(Cl)c2)O1. The number of carbonyl (C=O) groups is 2. The molecule has 1 aromatic carbocycles. The lowest BCUT2D eigenvalue weighted by atomic mass is 9.92. The van der Waals surface area contributed by atoms with E-state index < -0.39 is 23.1 Å². The highest BCUT2D eigenvalue weighted by Gasteiger charge is 2.48. The molecule has 0 spiro atoms. The Kier molecular flexibility index (Phi) is 3.24. The summed E-state index contributed by atoms with van der Waals surface area (Å²) in [4.78, 5) is 23.1. The van der Waals surface area contributed by atoms with Crippen LogP contribution in [0.2, 0.25) is 5.02 Å². The lowest BCUT2D eigenvalue weighted by molar-refractivity contribution is -0.132. The van der Waals surface area contributed by atoms with Crippen molar-refractivity contribution in [2.45, 2.75) is 19.4 Å². The smallest absolute Gasteiger partial charge is 0.250 e. The molecule has 1 aliphatic rings. The first kappa shape index (κ1) is 13.4. The van der Waals surface area contributed by atoms with Crippen LogP contribution in [0.3, 0.4) is 0 Å². The second-order valence-electron chi connectivity index (χ2n) is 4.33. The number of nitrogens with one attached hydrogen (secondary N) is 1. The number of hydrogen-bond donors (Lipinski definition) is 2. The van der Waals surface area contributed by atoms with Gasteiger partial charge >= 0.3 is 0 Å². The van der Waals surface area contributed by atoms with Gasteiger partial charge in [-0.05, 0) is 19.1 Å². The number of aliphatic hydroxyl groups is 1. The molecule has 1 amide bonds. The summed E-state index contributed by atoms with van der Waals surface area (Å²) < 4.78 is 5.41. The summed E-state index contributed by atoms with van der Waals surface area (Å²) >= 11 is 5.88. The predicted octanol–water partition coefficient (Wildman–Crippen LogP) is 2.02. The zero-order valence-corrected chi connectivity index (χ0v) is 11.1. The van der Waals surface area contributed by atoms with E-state index in [2.05, 4.69) is 5.32 Å². The van der Waals surface area contributed by atoms with Crippen molar-refractivity contribution in [3.63, 3.8) is 0 Å². The molecule has 1 aliphatic heterocycles. The van der Waals surface area contributed by atoms with Gasteiger partial charge in [0.2, 0.25) is 17.5 Å². The molecule has 0 saturated carbocycles. The van der Waals surface area contributed by atoms with Gasteiger partial charge in [-0.3, -0.25) is 14.9 Å². The molecule has 2 N–H and O–H groups in total.